The van der Waals surface area contributed by atoms with Gasteiger partial charge in [-0.2, -0.15) is 0 Å². The molecule has 0 bridgehead atoms. The van der Waals surface area contributed by atoms with Gasteiger partial charge in [-0.05, 0) is 12.8 Å². The molecule has 0 aromatic rings. The van der Waals surface area contributed by atoms with Gasteiger partial charge in [-0.3, -0.25) is 4.79 Å². The average molecular weight is 790 g/mol. The molecule has 0 aromatic carbocycles. The van der Waals surface area contributed by atoms with Crippen LogP contribution in [-0.4, -0.2) is 110 Å². The Morgan fingerprint density at radius 2 is 0.945 bits per heavy atom. The van der Waals surface area contributed by atoms with Gasteiger partial charge >= 0.3 is 0 Å². The van der Waals surface area contributed by atoms with Crippen LogP contribution in [0.5, 0.6) is 0 Å². The minimum Gasteiger partial charge on any atom is -0.394 e. The fourth-order valence-electron chi connectivity index (χ4n) is 7.56. The molecule has 11 heteroatoms. The summed E-state index contributed by atoms with van der Waals surface area (Å²) in [5.41, 5.74) is 0. The number of carbonyl (C=O) groups is 1. The lowest BCUT2D eigenvalue weighted by atomic mass is 9.98. The van der Waals surface area contributed by atoms with Crippen molar-refractivity contribution >= 4 is 5.91 Å². The largest absolute Gasteiger partial charge is 0.394 e. The minimum absolute atomic E-state index is 0.266. The quantitative estimate of drug-likeness (QED) is 0.0300. The summed E-state index contributed by atoms with van der Waals surface area (Å²) in [6, 6.07) is -1.16. The van der Waals surface area contributed by atoms with Gasteiger partial charge in [0.2, 0.25) is 5.91 Å². The average Bonchev–Trinajstić information content (AvgIpc) is 3.18. The molecule has 1 heterocycles. The fraction of sp³-hybridized carbons (Fsp3) is 0.977. The van der Waals surface area contributed by atoms with Crippen molar-refractivity contribution in [3.63, 3.8) is 0 Å². The van der Waals surface area contributed by atoms with Gasteiger partial charge in [0, 0.05) is 0 Å². The van der Waals surface area contributed by atoms with Crippen LogP contribution in [0.3, 0.4) is 0 Å². The van der Waals surface area contributed by atoms with Crippen LogP contribution in [0.15, 0.2) is 0 Å². The van der Waals surface area contributed by atoms with Crippen molar-refractivity contribution in [3.05, 3.63) is 0 Å². The predicted octanol–water partition coefficient (Wildman–Crippen LogP) is 7.11. The van der Waals surface area contributed by atoms with Gasteiger partial charge < -0.3 is 50.5 Å². The highest BCUT2D eigenvalue weighted by atomic mass is 16.7. The molecule has 328 valence electrons. The van der Waals surface area contributed by atoms with E-state index in [9.17, 15) is 40.5 Å². The number of amides is 1. The predicted molar refractivity (Wildman–Crippen MR) is 220 cm³/mol. The summed E-state index contributed by atoms with van der Waals surface area (Å²) < 4.78 is 11.1. The number of nitrogens with one attached hydrogen (secondary N) is 1. The molecule has 1 rings (SSSR count). The van der Waals surface area contributed by atoms with Crippen LogP contribution in [0.2, 0.25) is 0 Å². The monoisotopic (exact) mass is 790 g/mol. The van der Waals surface area contributed by atoms with E-state index in [2.05, 4.69) is 19.2 Å². The Hall–Kier alpha value is -0.890. The number of hydrogen-bond donors (Lipinski definition) is 8. The lowest BCUT2D eigenvalue weighted by molar-refractivity contribution is -0.303. The minimum atomic E-state index is -1.65. The lowest BCUT2D eigenvalue weighted by Crippen LogP contribution is -2.60. The molecule has 0 radical (unpaired) electrons. The van der Waals surface area contributed by atoms with E-state index in [-0.39, 0.29) is 6.42 Å². The van der Waals surface area contributed by atoms with Crippen LogP contribution >= 0.6 is 0 Å². The highest BCUT2D eigenvalue weighted by molar-refractivity contribution is 5.80. The first-order chi connectivity index (χ1) is 26.7. The van der Waals surface area contributed by atoms with E-state index in [1.165, 1.54) is 128 Å². The van der Waals surface area contributed by atoms with Gasteiger partial charge in [-0.1, -0.05) is 194 Å². The van der Waals surface area contributed by atoms with Gasteiger partial charge in [0.05, 0.1) is 25.4 Å². The van der Waals surface area contributed by atoms with Crippen LogP contribution in [0.25, 0.3) is 0 Å². The van der Waals surface area contributed by atoms with Crippen LogP contribution in [-0.2, 0) is 14.3 Å². The molecule has 1 aliphatic rings. The van der Waals surface area contributed by atoms with E-state index < -0.39 is 74.2 Å². The van der Waals surface area contributed by atoms with Crippen LogP contribution in [0.4, 0.5) is 0 Å². The normalized spacial score (nSPS) is 22.4. The van der Waals surface area contributed by atoms with E-state index >= 15 is 0 Å². The van der Waals surface area contributed by atoms with Crippen molar-refractivity contribution in [1.82, 2.24) is 5.32 Å². The summed E-state index contributed by atoms with van der Waals surface area (Å²) in [7, 11) is 0. The zero-order valence-electron chi connectivity index (χ0n) is 35.2. The Balaban J connectivity index is 2.46. The molecule has 0 spiro atoms. The maximum absolute atomic E-state index is 13.1. The first-order valence-corrected chi connectivity index (χ1v) is 22.9. The van der Waals surface area contributed by atoms with Crippen molar-refractivity contribution in [2.45, 2.75) is 262 Å². The number of aliphatic hydroxyl groups excluding tert-OH is 7. The summed E-state index contributed by atoms with van der Waals surface area (Å²) >= 11 is 0. The fourth-order valence-corrected chi connectivity index (χ4v) is 7.56. The lowest BCUT2D eigenvalue weighted by Gasteiger charge is -2.40. The first-order valence-electron chi connectivity index (χ1n) is 22.9. The van der Waals surface area contributed by atoms with Crippen molar-refractivity contribution in [2.24, 2.45) is 0 Å². The molecule has 9 unspecified atom stereocenters. The summed E-state index contributed by atoms with van der Waals surface area (Å²) in [4.78, 5) is 13.1. The second kappa shape index (κ2) is 35.1. The van der Waals surface area contributed by atoms with Crippen LogP contribution < -0.4 is 5.32 Å². The van der Waals surface area contributed by atoms with Gasteiger partial charge in [0.25, 0.3) is 0 Å². The Morgan fingerprint density at radius 3 is 1.35 bits per heavy atom. The Bertz CT molecular complexity index is 866. The van der Waals surface area contributed by atoms with E-state index in [1.54, 1.807) is 0 Å². The third-order valence-electron chi connectivity index (χ3n) is 11.4. The third kappa shape index (κ3) is 25.3. The van der Waals surface area contributed by atoms with Crippen molar-refractivity contribution in [2.75, 3.05) is 13.2 Å². The molecule has 55 heavy (non-hydrogen) atoms. The zero-order valence-corrected chi connectivity index (χ0v) is 35.2. The number of unbranched alkanes of at least 4 members (excludes halogenated alkanes) is 26. The van der Waals surface area contributed by atoms with E-state index in [4.69, 9.17) is 9.47 Å². The molecule has 0 saturated carbocycles. The molecule has 1 saturated heterocycles. The molecule has 8 N–H and O–H groups in total. The Kier molecular flexibility index (Phi) is 33.3. The number of carbonyl (C=O) groups excluding carboxylic acids is 1. The van der Waals surface area contributed by atoms with Gasteiger partial charge in [-0.15, -0.1) is 0 Å². The van der Waals surface area contributed by atoms with Crippen LogP contribution in [0.1, 0.15) is 206 Å². The molecule has 0 aromatic heterocycles. The van der Waals surface area contributed by atoms with Crippen molar-refractivity contribution in [3.8, 4) is 0 Å². The van der Waals surface area contributed by atoms with Gasteiger partial charge in [-0.25, -0.2) is 0 Å². The summed E-state index contributed by atoms with van der Waals surface area (Å²) in [6.07, 6.45) is 22.9. The van der Waals surface area contributed by atoms with E-state index in [0.717, 1.165) is 38.5 Å². The van der Waals surface area contributed by atoms with Gasteiger partial charge in [0.1, 0.15) is 36.6 Å². The molecular weight excluding hydrogens is 702 g/mol. The number of hydrogen-bond acceptors (Lipinski definition) is 10. The molecule has 0 aliphatic carbocycles. The Morgan fingerprint density at radius 1 is 0.564 bits per heavy atom. The molecule has 9 atom stereocenters. The number of aliphatic hydroxyl groups is 7. The molecule has 1 aliphatic heterocycles. The highest BCUT2D eigenvalue weighted by Crippen LogP contribution is 2.23. The Labute approximate surface area is 335 Å². The second-order valence-corrected chi connectivity index (χ2v) is 16.5. The van der Waals surface area contributed by atoms with E-state index in [1.807, 2.05) is 0 Å². The first kappa shape index (κ1) is 52.1. The van der Waals surface area contributed by atoms with Crippen molar-refractivity contribution in [1.29, 1.82) is 0 Å². The highest BCUT2D eigenvalue weighted by Gasteiger charge is 2.44. The zero-order chi connectivity index (χ0) is 40.5. The summed E-state index contributed by atoms with van der Waals surface area (Å²) in [5.74, 6) is -0.694. The molecular formula is C44H87NO10. The number of rotatable bonds is 38. The molecule has 11 nitrogen and oxygen atoms in total. The van der Waals surface area contributed by atoms with Crippen molar-refractivity contribution < 1.29 is 50.0 Å². The number of ether oxygens (including phenoxy) is 2. The smallest absolute Gasteiger partial charge is 0.249 e. The maximum Gasteiger partial charge on any atom is 0.249 e. The standard InChI is InChI=1S/C44H87NO10/c1-3-5-7-9-11-13-15-17-18-20-22-24-26-28-30-32-37(48)43(53)45-35(34-54-44-42(52)41(51)40(50)38(33-46)55-44)39(49)36(47)31-29-27-25-23-21-19-16-14-12-10-8-6-4-2/h35-42,44,46-52H,3-34H2,1-2H3,(H,45,53). The molecule has 1 amide bonds. The molecule has 1 fully saturated rings. The SMILES string of the molecule is CCCCCCCCCCCCCCCCCC(O)C(=O)NC(COC1OC(CO)C(O)C(O)C1O)C(O)C(O)CCCCCCCCCCCCCCC. The second-order valence-electron chi connectivity index (χ2n) is 16.5. The third-order valence-corrected chi connectivity index (χ3v) is 11.4. The van der Waals surface area contributed by atoms with Gasteiger partial charge in [0.15, 0.2) is 6.29 Å². The van der Waals surface area contributed by atoms with E-state index in [0.29, 0.717) is 19.3 Å². The summed E-state index contributed by atoms with van der Waals surface area (Å²) in [5, 5.41) is 75.6. The summed E-state index contributed by atoms with van der Waals surface area (Å²) in [6.45, 7) is 3.44. The maximum atomic E-state index is 13.1. The topological polar surface area (TPSA) is 189 Å². The van der Waals surface area contributed by atoms with Crippen LogP contribution in [0, 0.1) is 0 Å².